The molecule has 0 saturated carbocycles. The van der Waals surface area contributed by atoms with Crippen molar-refractivity contribution in [1.29, 1.82) is 0 Å². The van der Waals surface area contributed by atoms with Gasteiger partial charge in [0, 0.05) is 7.26 Å². The van der Waals surface area contributed by atoms with E-state index < -0.39 is 68.0 Å². The summed E-state index contributed by atoms with van der Waals surface area (Å²) < 4.78 is 205. The van der Waals surface area contributed by atoms with Crippen LogP contribution in [0.25, 0.3) is 0 Å². The first-order valence-electron chi connectivity index (χ1n) is 12.1. The Hall–Kier alpha value is -0.620. The van der Waals surface area contributed by atoms with Crippen molar-refractivity contribution >= 4 is 7.26 Å². The van der Waals surface area contributed by atoms with Gasteiger partial charge in [0.15, 0.2) is 5.41 Å². The summed E-state index contributed by atoms with van der Waals surface area (Å²) in [5, 5.41) is 0. The summed E-state index contributed by atoms with van der Waals surface area (Å²) in [5.41, 5.74) is -7.21. The molecule has 0 aromatic rings. The second-order valence-corrected chi connectivity index (χ2v) is 14.0. The van der Waals surface area contributed by atoms with E-state index in [0.717, 1.165) is 0 Å². The number of alkyl halides is 15. The van der Waals surface area contributed by atoms with Crippen LogP contribution in [0.3, 0.4) is 0 Å². The smallest absolute Gasteiger partial charge is 0.195 e. The Bertz CT molecular complexity index is 621. The molecule has 0 saturated heterocycles. The van der Waals surface area contributed by atoms with E-state index in [9.17, 15) is 65.9 Å². The van der Waals surface area contributed by atoms with E-state index in [2.05, 4.69) is 0 Å². The molecule has 0 radical (unpaired) electrons. The summed E-state index contributed by atoms with van der Waals surface area (Å²) in [4.78, 5) is 0. The van der Waals surface area contributed by atoms with Gasteiger partial charge in [0.2, 0.25) is 0 Å². The highest BCUT2D eigenvalue weighted by Gasteiger charge is 2.95. The third kappa shape index (κ3) is 7.17. The quantitative estimate of drug-likeness (QED) is 0.120. The number of rotatable bonds is 16. The molecule has 0 rings (SSSR count). The summed E-state index contributed by atoms with van der Waals surface area (Å²) in [7, 11) is -2.49. The van der Waals surface area contributed by atoms with Gasteiger partial charge in [0.05, 0.1) is 24.6 Å². The third-order valence-corrected chi connectivity index (χ3v) is 11.9. The molecule has 0 spiro atoms. The Morgan fingerprint density at radius 3 is 0.842 bits per heavy atom. The molecule has 0 nitrogen and oxygen atoms in total. The van der Waals surface area contributed by atoms with Gasteiger partial charge in [-0.2, -0.15) is 65.9 Å². The third-order valence-electron chi connectivity index (χ3n) is 6.82. The van der Waals surface area contributed by atoms with Crippen molar-refractivity contribution < 1.29 is 65.9 Å². The van der Waals surface area contributed by atoms with Gasteiger partial charge in [-0.1, -0.05) is 40.0 Å². The molecular formula is C22H33F15P+. The first-order valence-corrected chi connectivity index (χ1v) is 14.6. The second-order valence-electron chi connectivity index (χ2n) is 9.52. The summed E-state index contributed by atoms with van der Waals surface area (Å²) in [6.45, 7) is 5.20. The number of halogens is 15. The van der Waals surface area contributed by atoms with Crippen LogP contribution in [0.4, 0.5) is 65.9 Å². The van der Waals surface area contributed by atoms with Gasteiger partial charge in [0.25, 0.3) is 0 Å². The predicted molar refractivity (Wildman–Crippen MR) is 116 cm³/mol. The van der Waals surface area contributed by atoms with E-state index in [1.54, 1.807) is 20.8 Å². The van der Waals surface area contributed by atoms with Gasteiger partial charge >= 0.3 is 36.3 Å². The zero-order valence-electron chi connectivity index (χ0n) is 21.1. The first-order chi connectivity index (χ1) is 16.9. The van der Waals surface area contributed by atoms with Crippen LogP contribution in [0.2, 0.25) is 0 Å². The molecule has 0 aromatic carbocycles. The van der Waals surface area contributed by atoms with Crippen LogP contribution in [-0.4, -0.2) is 60.9 Å². The largest absolute Gasteiger partial charge is 0.454 e. The predicted octanol–water partition coefficient (Wildman–Crippen LogP) is 10.8. The molecule has 0 aromatic heterocycles. The minimum atomic E-state index is -7.78. The normalized spacial score (nSPS) is 15.3. The molecule has 0 fully saturated rings. The van der Waals surface area contributed by atoms with Gasteiger partial charge in [-0.3, -0.25) is 0 Å². The van der Waals surface area contributed by atoms with Crippen LogP contribution in [0.1, 0.15) is 72.1 Å². The van der Waals surface area contributed by atoms with Crippen molar-refractivity contribution in [3.05, 3.63) is 0 Å². The molecule has 0 atom stereocenters. The molecule has 38 heavy (non-hydrogen) atoms. The standard InChI is InChI=1S/C22H33F15P/c1-4-7-12-38(13-8-5-2,14-9-6-3)15-10-11-16(17(23,24)20(29,30)31,18(25,26)21(32,33)34)19(27,28)22(35,36)37/h4-15H2,1-3H3/q+1. The SMILES string of the molecule is CCCC[P+](CCCC)(CCCC)CCCC(C(F)(F)C(F)(F)F)(C(F)(F)C(F)(F)F)C(F)(F)C(F)(F)F. The Morgan fingerprint density at radius 1 is 0.395 bits per heavy atom. The van der Waals surface area contributed by atoms with Crippen molar-refractivity contribution in [3.63, 3.8) is 0 Å². The molecule has 0 heterocycles. The minimum Gasteiger partial charge on any atom is -0.195 e. The monoisotopic (exact) mass is 613 g/mol. The molecule has 0 bridgehead atoms. The molecule has 0 N–H and O–H groups in total. The summed E-state index contributed by atoms with van der Waals surface area (Å²) >= 11 is 0. The average Bonchev–Trinajstić information content (AvgIpc) is 2.74. The van der Waals surface area contributed by atoms with Crippen LogP contribution in [-0.2, 0) is 0 Å². The van der Waals surface area contributed by atoms with Gasteiger partial charge in [-0.15, -0.1) is 0 Å². The maximum Gasteiger partial charge on any atom is 0.454 e. The lowest BCUT2D eigenvalue weighted by Gasteiger charge is -2.49. The molecule has 16 heteroatoms. The second kappa shape index (κ2) is 12.9. The van der Waals surface area contributed by atoms with E-state index >= 15 is 0 Å². The fourth-order valence-corrected chi connectivity index (χ4v) is 9.75. The zero-order valence-corrected chi connectivity index (χ0v) is 22.0. The Balaban J connectivity index is 7.17. The van der Waals surface area contributed by atoms with Gasteiger partial charge in [-0.05, 0) is 32.1 Å². The first kappa shape index (κ1) is 37.4. The van der Waals surface area contributed by atoms with Gasteiger partial charge < -0.3 is 0 Å². The topological polar surface area (TPSA) is 0 Å². The van der Waals surface area contributed by atoms with E-state index in [4.69, 9.17) is 0 Å². The molecular weight excluding hydrogens is 580 g/mol. The minimum absolute atomic E-state index is 0.317. The molecule has 230 valence electrons. The van der Waals surface area contributed by atoms with Crippen LogP contribution in [0.15, 0.2) is 0 Å². The van der Waals surface area contributed by atoms with E-state index in [1.807, 2.05) is 0 Å². The lowest BCUT2D eigenvalue weighted by Crippen LogP contribution is -2.74. The Kier molecular flexibility index (Phi) is 12.7. The maximum absolute atomic E-state index is 14.5. The zero-order chi connectivity index (χ0) is 30.5. The lowest BCUT2D eigenvalue weighted by molar-refractivity contribution is -0.476. The summed E-state index contributed by atoms with van der Waals surface area (Å²) in [5.74, 6) is -23.3. The van der Waals surface area contributed by atoms with Crippen molar-refractivity contribution in [2.75, 3.05) is 24.6 Å². The lowest BCUT2D eigenvalue weighted by atomic mass is 9.65. The van der Waals surface area contributed by atoms with E-state index in [-0.39, 0.29) is 0 Å². The molecule has 0 aliphatic rings. The maximum atomic E-state index is 14.5. The van der Waals surface area contributed by atoms with Crippen molar-refractivity contribution in [3.8, 4) is 0 Å². The summed E-state index contributed by atoms with van der Waals surface area (Å²) in [6, 6.07) is 0. The fraction of sp³-hybridized carbons (Fsp3) is 1.00. The van der Waals surface area contributed by atoms with Gasteiger partial charge in [-0.25, -0.2) is 0 Å². The van der Waals surface area contributed by atoms with Gasteiger partial charge in [0.1, 0.15) is 0 Å². The van der Waals surface area contributed by atoms with Crippen molar-refractivity contribution in [2.24, 2.45) is 5.41 Å². The van der Waals surface area contributed by atoms with E-state index in [0.29, 0.717) is 57.0 Å². The van der Waals surface area contributed by atoms with Crippen LogP contribution < -0.4 is 0 Å². The van der Waals surface area contributed by atoms with E-state index in [1.165, 1.54) is 0 Å². The highest BCUT2D eigenvalue weighted by Crippen LogP contribution is 2.71. The molecule has 0 aliphatic heterocycles. The number of hydrogen-bond donors (Lipinski definition) is 0. The molecule has 0 amide bonds. The Labute approximate surface area is 212 Å². The highest BCUT2D eigenvalue weighted by atomic mass is 31.2. The van der Waals surface area contributed by atoms with Crippen LogP contribution in [0, 0.1) is 5.41 Å². The Morgan fingerprint density at radius 2 is 0.632 bits per heavy atom. The molecule has 0 aliphatic carbocycles. The van der Waals surface area contributed by atoms with Crippen LogP contribution in [0.5, 0.6) is 0 Å². The summed E-state index contributed by atoms with van der Waals surface area (Å²) in [6.07, 6.45) is -24.0. The van der Waals surface area contributed by atoms with Crippen molar-refractivity contribution in [1.82, 2.24) is 0 Å². The number of unbranched alkanes of at least 4 members (excludes halogenated alkanes) is 3. The number of hydrogen-bond acceptors (Lipinski definition) is 0. The van der Waals surface area contributed by atoms with Crippen molar-refractivity contribution in [2.45, 2.75) is 108 Å². The average molecular weight is 613 g/mol. The fourth-order valence-electron chi connectivity index (χ4n) is 4.62. The molecule has 0 unspecified atom stereocenters. The highest BCUT2D eigenvalue weighted by molar-refractivity contribution is 7.75. The van der Waals surface area contributed by atoms with Crippen LogP contribution >= 0.6 is 7.26 Å².